The van der Waals surface area contributed by atoms with Gasteiger partial charge in [0.1, 0.15) is 17.7 Å². The Morgan fingerprint density at radius 3 is 2.50 bits per heavy atom. The van der Waals surface area contributed by atoms with Gasteiger partial charge in [-0.2, -0.15) is 13.2 Å². The van der Waals surface area contributed by atoms with E-state index >= 15 is 0 Å². The monoisotopic (exact) mass is 388 g/mol. The lowest BCUT2D eigenvalue weighted by Gasteiger charge is -2.31. The normalized spacial score (nSPS) is 16.5. The first kappa shape index (κ1) is 18.6. The third kappa shape index (κ3) is 3.77. The van der Waals surface area contributed by atoms with Crippen molar-refractivity contribution in [1.29, 1.82) is 0 Å². The van der Waals surface area contributed by atoms with E-state index in [9.17, 15) is 18.0 Å². The number of aromatic nitrogens is 3. The van der Waals surface area contributed by atoms with Crippen LogP contribution in [0.2, 0.25) is 0 Å². The van der Waals surface area contributed by atoms with E-state index in [4.69, 9.17) is 0 Å². The number of H-pyrrole nitrogens is 1. The number of nitrogens with one attached hydrogen (secondary N) is 1. The van der Waals surface area contributed by atoms with Crippen LogP contribution in [0.4, 0.5) is 13.2 Å². The van der Waals surface area contributed by atoms with Gasteiger partial charge in [-0.25, -0.2) is 9.97 Å². The van der Waals surface area contributed by atoms with Crippen molar-refractivity contribution in [2.45, 2.75) is 25.6 Å². The summed E-state index contributed by atoms with van der Waals surface area (Å²) in [4.78, 5) is 26.3. The van der Waals surface area contributed by atoms with Gasteiger partial charge >= 0.3 is 6.18 Å². The number of alkyl halides is 3. The van der Waals surface area contributed by atoms with Crippen LogP contribution in [-0.2, 0) is 12.7 Å². The lowest BCUT2D eigenvalue weighted by molar-refractivity contribution is -0.137. The molecule has 0 unspecified atom stereocenters. The van der Waals surface area contributed by atoms with Gasteiger partial charge in [-0.15, -0.1) is 0 Å². The Morgan fingerprint density at radius 2 is 1.82 bits per heavy atom. The van der Waals surface area contributed by atoms with Crippen LogP contribution in [0.1, 0.15) is 34.5 Å². The molecule has 0 radical (unpaired) electrons. The Hall–Kier alpha value is -2.74. The molecule has 146 valence electrons. The number of rotatable bonds is 4. The minimum atomic E-state index is -4.32. The summed E-state index contributed by atoms with van der Waals surface area (Å²) >= 11 is 0. The summed E-state index contributed by atoms with van der Waals surface area (Å²) in [5, 5.41) is 0.736. The molecule has 1 fully saturated rings. The third-order valence-corrected chi connectivity index (χ3v) is 5.23. The smallest absolute Gasteiger partial charge is 0.346 e. The number of carbonyl (C=O) groups is 1. The van der Waals surface area contributed by atoms with Crippen LogP contribution in [0.5, 0.6) is 0 Å². The Balaban J connectivity index is 1.37. The van der Waals surface area contributed by atoms with Crippen molar-refractivity contribution in [1.82, 2.24) is 19.9 Å². The maximum absolute atomic E-state index is 12.9. The topological polar surface area (TPSA) is 61.9 Å². The molecule has 0 amide bonds. The van der Waals surface area contributed by atoms with Gasteiger partial charge in [0, 0.05) is 24.0 Å². The van der Waals surface area contributed by atoms with Crippen LogP contribution in [0.15, 0.2) is 42.9 Å². The molecule has 1 aromatic carbocycles. The second-order valence-electron chi connectivity index (χ2n) is 7.07. The zero-order valence-electron chi connectivity index (χ0n) is 15.0. The van der Waals surface area contributed by atoms with E-state index in [1.165, 1.54) is 18.5 Å². The molecule has 4 rings (SSSR count). The van der Waals surface area contributed by atoms with Crippen LogP contribution in [-0.4, -0.2) is 38.7 Å². The Morgan fingerprint density at radius 1 is 1.11 bits per heavy atom. The van der Waals surface area contributed by atoms with Crippen LogP contribution in [0.3, 0.4) is 0 Å². The summed E-state index contributed by atoms with van der Waals surface area (Å²) in [6.45, 7) is 2.02. The van der Waals surface area contributed by atoms with Crippen molar-refractivity contribution in [2.24, 2.45) is 5.92 Å². The molecule has 3 heterocycles. The fourth-order valence-corrected chi connectivity index (χ4v) is 3.67. The number of hydrogen-bond acceptors (Lipinski definition) is 4. The van der Waals surface area contributed by atoms with E-state index in [0.717, 1.165) is 36.2 Å². The third-order valence-electron chi connectivity index (χ3n) is 5.23. The zero-order valence-corrected chi connectivity index (χ0v) is 15.0. The van der Waals surface area contributed by atoms with Gasteiger partial charge in [-0.05, 0) is 49.7 Å². The largest absolute Gasteiger partial charge is 0.416 e. The lowest BCUT2D eigenvalue weighted by Crippen LogP contribution is -2.36. The van der Waals surface area contributed by atoms with E-state index in [-0.39, 0.29) is 11.7 Å². The second kappa shape index (κ2) is 7.35. The SMILES string of the molecule is O=C(c1ncnc2[nH]ccc12)C1CCN(Cc2ccc(C(F)(F)F)cc2)CC1. The highest BCUT2D eigenvalue weighted by molar-refractivity contribution is 6.06. The van der Waals surface area contributed by atoms with Gasteiger partial charge in [0.05, 0.1) is 5.56 Å². The van der Waals surface area contributed by atoms with E-state index in [2.05, 4.69) is 19.9 Å². The molecule has 28 heavy (non-hydrogen) atoms. The molecule has 5 nitrogen and oxygen atoms in total. The number of fused-ring (bicyclic) bond motifs is 1. The molecule has 0 bridgehead atoms. The number of Topliss-reactive ketones (excluding diaryl/α,β-unsaturated/α-hetero) is 1. The average Bonchev–Trinajstić information content (AvgIpc) is 3.17. The molecule has 1 aliphatic heterocycles. The molecule has 1 saturated heterocycles. The van der Waals surface area contributed by atoms with Gasteiger partial charge in [0.25, 0.3) is 0 Å². The van der Waals surface area contributed by atoms with Gasteiger partial charge in [-0.3, -0.25) is 9.69 Å². The van der Waals surface area contributed by atoms with Crippen LogP contribution >= 0.6 is 0 Å². The molecule has 0 spiro atoms. The minimum absolute atomic E-state index is 0.0289. The van der Waals surface area contributed by atoms with Crippen molar-refractivity contribution < 1.29 is 18.0 Å². The van der Waals surface area contributed by atoms with E-state index in [1.807, 2.05) is 6.07 Å². The van der Waals surface area contributed by atoms with Crippen molar-refractivity contribution in [3.8, 4) is 0 Å². The Labute approximate surface area is 159 Å². The van der Waals surface area contributed by atoms with Gasteiger partial charge in [0.15, 0.2) is 5.78 Å². The molecule has 0 atom stereocenters. The van der Waals surface area contributed by atoms with Crippen molar-refractivity contribution in [3.63, 3.8) is 0 Å². The van der Waals surface area contributed by atoms with E-state index in [1.54, 1.807) is 6.20 Å². The molecule has 3 aromatic rings. The van der Waals surface area contributed by atoms with Crippen LogP contribution < -0.4 is 0 Å². The molecule has 0 saturated carbocycles. The Bertz CT molecular complexity index is 973. The van der Waals surface area contributed by atoms with E-state index in [0.29, 0.717) is 30.7 Å². The summed E-state index contributed by atoms with van der Waals surface area (Å²) in [6, 6.07) is 7.07. The number of ketones is 1. The van der Waals surface area contributed by atoms with Crippen molar-refractivity contribution in [2.75, 3.05) is 13.1 Å². The molecular formula is C20H19F3N4O. The van der Waals surface area contributed by atoms with Gasteiger partial charge < -0.3 is 4.98 Å². The molecule has 2 aromatic heterocycles. The first-order valence-electron chi connectivity index (χ1n) is 9.12. The number of benzene rings is 1. The molecule has 1 N–H and O–H groups in total. The summed E-state index contributed by atoms with van der Waals surface area (Å²) in [5.74, 6) is -0.0713. The zero-order chi connectivity index (χ0) is 19.7. The van der Waals surface area contributed by atoms with Crippen molar-refractivity contribution >= 4 is 16.8 Å². The Kier molecular flexibility index (Phi) is 4.89. The summed E-state index contributed by atoms with van der Waals surface area (Å²) in [5.41, 5.74) is 1.30. The lowest BCUT2D eigenvalue weighted by atomic mass is 9.90. The fourth-order valence-electron chi connectivity index (χ4n) is 3.67. The fraction of sp³-hybridized carbons (Fsp3) is 0.350. The second-order valence-corrected chi connectivity index (χ2v) is 7.07. The number of likely N-dealkylation sites (tertiary alicyclic amines) is 1. The highest BCUT2D eigenvalue weighted by atomic mass is 19.4. The van der Waals surface area contributed by atoms with Crippen LogP contribution in [0.25, 0.3) is 11.0 Å². The number of nitrogens with zero attached hydrogens (tertiary/aromatic N) is 3. The molecule has 8 heteroatoms. The predicted molar refractivity (Wildman–Crippen MR) is 97.7 cm³/mol. The minimum Gasteiger partial charge on any atom is -0.346 e. The van der Waals surface area contributed by atoms with Gasteiger partial charge in [0.2, 0.25) is 0 Å². The number of hydrogen-bond donors (Lipinski definition) is 1. The maximum atomic E-state index is 12.9. The van der Waals surface area contributed by atoms with Crippen molar-refractivity contribution in [3.05, 3.63) is 59.7 Å². The van der Waals surface area contributed by atoms with Crippen LogP contribution in [0, 0.1) is 5.92 Å². The number of piperidine rings is 1. The van der Waals surface area contributed by atoms with E-state index < -0.39 is 11.7 Å². The highest BCUT2D eigenvalue weighted by Crippen LogP contribution is 2.30. The number of aromatic amines is 1. The first-order chi connectivity index (χ1) is 13.4. The average molecular weight is 388 g/mol. The standard InChI is InChI=1S/C20H19F3N4O/c21-20(22,23)15-3-1-13(2-4-15)11-27-9-6-14(7-10-27)18(28)17-16-5-8-24-19(16)26-12-25-17/h1-5,8,12,14H,6-7,9-11H2,(H,24,25,26). The molecular weight excluding hydrogens is 369 g/mol. The highest BCUT2D eigenvalue weighted by Gasteiger charge is 2.30. The number of halogens is 3. The maximum Gasteiger partial charge on any atom is 0.416 e. The molecule has 0 aliphatic carbocycles. The summed E-state index contributed by atoms with van der Waals surface area (Å²) in [6.07, 6.45) is 0.225. The quantitative estimate of drug-likeness (QED) is 0.685. The predicted octanol–water partition coefficient (Wildman–Crippen LogP) is 4.07. The number of carbonyl (C=O) groups excluding carboxylic acids is 1. The molecule has 1 aliphatic rings. The summed E-state index contributed by atoms with van der Waals surface area (Å²) in [7, 11) is 0. The van der Waals surface area contributed by atoms with Gasteiger partial charge in [-0.1, -0.05) is 12.1 Å². The summed E-state index contributed by atoms with van der Waals surface area (Å²) < 4.78 is 38.0. The first-order valence-corrected chi connectivity index (χ1v) is 9.12.